The Morgan fingerprint density at radius 3 is 2.67 bits per heavy atom. The molecule has 96 valence electrons. The molecule has 0 bridgehead atoms. The van der Waals surface area contributed by atoms with E-state index in [1.807, 2.05) is 0 Å². The normalized spacial score (nSPS) is 15.3. The molecule has 0 saturated carbocycles. The molecule has 6 heteroatoms. The van der Waals surface area contributed by atoms with Crippen molar-refractivity contribution < 1.29 is 14.7 Å². The summed E-state index contributed by atoms with van der Waals surface area (Å²) in [5.74, 6) is -1.03. The summed E-state index contributed by atoms with van der Waals surface area (Å²) in [5, 5.41) is 8.61. The second kappa shape index (κ2) is 4.64. The van der Waals surface area contributed by atoms with E-state index in [0.29, 0.717) is 18.7 Å². The number of aromatic nitrogens is 1. The molecule has 0 unspecified atom stereocenters. The molecule has 1 aromatic heterocycles. The Kier molecular flexibility index (Phi) is 3.18. The monoisotopic (exact) mass is 250 g/mol. The van der Waals surface area contributed by atoms with Gasteiger partial charge in [0.2, 0.25) is 0 Å². The minimum absolute atomic E-state index is 0.0259. The topological polar surface area (TPSA) is 79.6 Å². The summed E-state index contributed by atoms with van der Waals surface area (Å²) in [6.07, 6.45) is 1.63. The number of hydrogen-bond donors (Lipinski definition) is 1. The molecule has 1 fully saturated rings. The SMILES string of the molecule is Cn1ccc(C(=O)N2CC(CC(=O)O)C2)cc1=O. The minimum Gasteiger partial charge on any atom is -0.481 e. The molecule has 1 aliphatic rings. The molecule has 1 amide bonds. The third-order valence-electron chi connectivity index (χ3n) is 3.06. The Morgan fingerprint density at radius 2 is 2.11 bits per heavy atom. The fourth-order valence-corrected chi connectivity index (χ4v) is 1.98. The van der Waals surface area contributed by atoms with Crippen LogP contribution in [0.3, 0.4) is 0 Å². The van der Waals surface area contributed by atoms with Crippen molar-refractivity contribution in [3.63, 3.8) is 0 Å². The van der Waals surface area contributed by atoms with Crippen molar-refractivity contribution in [2.24, 2.45) is 13.0 Å². The van der Waals surface area contributed by atoms with Crippen LogP contribution in [-0.2, 0) is 11.8 Å². The number of amides is 1. The molecule has 1 aliphatic heterocycles. The zero-order chi connectivity index (χ0) is 13.3. The number of carboxylic acids is 1. The molecular weight excluding hydrogens is 236 g/mol. The third kappa shape index (κ3) is 2.42. The first kappa shape index (κ1) is 12.3. The number of rotatable bonds is 3. The van der Waals surface area contributed by atoms with E-state index in [-0.39, 0.29) is 23.8 Å². The van der Waals surface area contributed by atoms with E-state index in [1.165, 1.54) is 10.6 Å². The Labute approximate surface area is 103 Å². The van der Waals surface area contributed by atoms with Gasteiger partial charge in [0.15, 0.2) is 0 Å². The molecule has 1 saturated heterocycles. The van der Waals surface area contributed by atoms with Gasteiger partial charge in [0.25, 0.3) is 11.5 Å². The molecule has 1 aromatic rings. The summed E-state index contributed by atoms with van der Waals surface area (Å²) in [5.41, 5.74) is 0.121. The van der Waals surface area contributed by atoms with Crippen LogP contribution in [0.1, 0.15) is 16.8 Å². The van der Waals surface area contributed by atoms with Gasteiger partial charge in [-0.05, 0) is 6.07 Å². The maximum Gasteiger partial charge on any atom is 0.303 e. The van der Waals surface area contributed by atoms with Crippen LogP contribution in [0.5, 0.6) is 0 Å². The van der Waals surface area contributed by atoms with Crippen LogP contribution in [0.4, 0.5) is 0 Å². The summed E-state index contributed by atoms with van der Waals surface area (Å²) in [6.45, 7) is 0.890. The Bertz CT molecular complexity index is 543. The largest absolute Gasteiger partial charge is 0.481 e. The van der Waals surface area contributed by atoms with Crippen LogP contribution >= 0.6 is 0 Å². The van der Waals surface area contributed by atoms with Gasteiger partial charge in [-0.1, -0.05) is 0 Å². The van der Waals surface area contributed by atoms with Gasteiger partial charge in [0, 0.05) is 43.9 Å². The fraction of sp³-hybridized carbons (Fsp3) is 0.417. The van der Waals surface area contributed by atoms with E-state index in [4.69, 9.17) is 5.11 Å². The number of carbonyl (C=O) groups excluding carboxylic acids is 1. The van der Waals surface area contributed by atoms with E-state index in [9.17, 15) is 14.4 Å². The van der Waals surface area contributed by atoms with Crippen molar-refractivity contribution in [2.45, 2.75) is 6.42 Å². The van der Waals surface area contributed by atoms with Crippen LogP contribution in [0.25, 0.3) is 0 Å². The highest BCUT2D eigenvalue weighted by molar-refractivity contribution is 5.94. The average molecular weight is 250 g/mol. The maximum absolute atomic E-state index is 12.0. The molecule has 2 heterocycles. The van der Waals surface area contributed by atoms with E-state index < -0.39 is 5.97 Å². The molecule has 0 atom stereocenters. The number of aliphatic carboxylic acids is 1. The van der Waals surface area contributed by atoms with Gasteiger partial charge in [0.05, 0.1) is 6.42 Å². The lowest BCUT2D eigenvalue weighted by Gasteiger charge is -2.38. The van der Waals surface area contributed by atoms with Crippen molar-refractivity contribution in [1.29, 1.82) is 0 Å². The predicted octanol–water partition coefficient (Wildman–Crippen LogP) is -0.0680. The zero-order valence-electron chi connectivity index (χ0n) is 10.00. The van der Waals surface area contributed by atoms with Crippen LogP contribution in [0.15, 0.2) is 23.1 Å². The standard InChI is InChI=1S/C12H14N2O4/c1-13-3-2-9(5-10(13)15)12(18)14-6-8(7-14)4-11(16)17/h2-3,5,8H,4,6-7H2,1H3,(H,16,17). The quantitative estimate of drug-likeness (QED) is 0.814. The lowest BCUT2D eigenvalue weighted by molar-refractivity contribution is -0.139. The molecular formula is C12H14N2O4. The first-order valence-corrected chi connectivity index (χ1v) is 5.65. The smallest absolute Gasteiger partial charge is 0.303 e. The van der Waals surface area contributed by atoms with Crippen molar-refractivity contribution in [1.82, 2.24) is 9.47 Å². The summed E-state index contributed by atoms with van der Waals surface area (Å²) in [4.78, 5) is 35.4. The number of nitrogens with zero attached hydrogens (tertiary/aromatic N) is 2. The van der Waals surface area contributed by atoms with Gasteiger partial charge in [0.1, 0.15) is 0 Å². The number of aryl methyl sites for hydroxylation is 1. The first-order chi connectivity index (χ1) is 8.47. The molecule has 0 aromatic carbocycles. The molecule has 2 rings (SSSR count). The number of hydrogen-bond acceptors (Lipinski definition) is 3. The van der Waals surface area contributed by atoms with E-state index in [0.717, 1.165) is 0 Å². The molecule has 0 spiro atoms. The molecule has 6 nitrogen and oxygen atoms in total. The fourth-order valence-electron chi connectivity index (χ4n) is 1.98. The van der Waals surface area contributed by atoms with Crippen LogP contribution < -0.4 is 5.56 Å². The minimum atomic E-state index is -0.847. The van der Waals surface area contributed by atoms with Crippen molar-refractivity contribution in [2.75, 3.05) is 13.1 Å². The molecule has 0 aliphatic carbocycles. The Hall–Kier alpha value is -2.11. The average Bonchev–Trinajstić information content (AvgIpc) is 2.25. The van der Waals surface area contributed by atoms with Gasteiger partial charge < -0.3 is 14.6 Å². The van der Waals surface area contributed by atoms with E-state index in [1.54, 1.807) is 24.2 Å². The van der Waals surface area contributed by atoms with Crippen molar-refractivity contribution >= 4 is 11.9 Å². The highest BCUT2D eigenvalue weighted by Crippen LogP contribution is 2.20. The Morgan fingerprint density at radius 1 is 1.44 bits per heavy atom. The second-order valence-corrected chi connectivity index (χ2v) is 4.54. The van der Waals surface area contributed by atoms with Gasteiger partial charge >= 0.3 is 5.97 Å². The maximum atomic E-state index is 12.0. The summed E-state index contributed by atoms with van der Waals surface area (Å²) in [6, 6.07) is 2.89. The molecule has 1 N–H and O–H groups in total. The number of pyridine rings is 1. The van der Waals surface area contributed by atoms with Gasteiger partial charge in [-0.3, -0.25) is 14.4 Å². The predicted molar refractivity (Wildman–Crippen MR) is 63.3 cm³/mol. The number of carboxylic acid groups (broad SMARTS) is 1. The second-order valence-electron chi connectivity index (χ2n) is 4.54. The lowest BCUT2D eigenvalue weighted by atomic mass is 9.95. The summed E-state index contributed by atoms with van der Waals surface area (Å²) < 4.78 is 1.39. The highest BCUT2D eigenvalue weighted by atomic mass is 16.4. The van der Waals surface area contributed by atoms with Crippen LogP contribution in [0, 0.1) is 5.92 Å². The highest BCUT2D eigenvalue weighted by Gasteiger charge is 2.32. The lowest BCUT2D eigenvalue weighted by Crippen LogP contribution is -2.50. The van der Waals surface area contributed by atoms with Gasteiger partial charge in [-0.25, -0.2) is 0 Å². The first-order valence-electron chi connectivity index (χ1n) is 5.65. The molecule has 0 radical (unpaired) electrons. The number of likely N-dealkylation sites (tertiary alicyclic amines) is 1. The van der Waals surface area contributed by atoms with E-state index >= 15 is 0 Å². The molecule has 18 heavy (non-hydrogen) atoms. The van der Waals surface area contributed by atoms with Crippen LogP contribution in [0.2, 0.25) is 0 Å². The summed E-state index contributed by atoms with van der Waals surface area (Å²) in [7, 11) is 1.61. The van der Waals surface area contributed by atoms with Crippen molar-refractivity contribution in [3.8, 4) is 0 Å². The van der Waals surface area contributed by atoms with Crippen LogP contribution in [-0.4, -0.2) is 39.5 Å². The number of carbonyl (C=O) groups is 2. The van der Waals surface area contributed by atoms with Gasteiger partial charge in [-0.15, -0.1) is 0 Å². The van der Waals surface area contributed by atoms with Gasteiger partial charge in [-0.2, -0.15) is 0 Å². The van der Waals surface area contributed by atoms with Crippen molar-refractivity contribution in [3.05, 3.63) is 34.2 Å². The summed E-state index contributed by atoms with van der Waals surface area (Å²) >= 11 is 0. The zero-order valence-corrected chi connectivity index (χ0v) is 10.00. The third-order valence-corrected chi connectivity index (χ3v) is 3.06. The Balaban J connectivity index is 1.99. The van der Waals surface area contributed by atoms with E-state index in [2.05, 4.69) is 0 Å².